The fourth-order valence-corrected chi connectivity index (χ4v) is 5.24. The van der Waals surface area contributed by atoms with Crippen molar-refractivity contribution in [3.8, 4) is 0 Å². The van der Waals surface area contributed by atoms with E-state index in [1.165, 1.54) is 0 Å². The molecule has 0 aliphatic carbocycles. The molecule has 2 aliphatic rings. The molecule has 6 heteroatoms. The molecule has 0 spiro atoms. The summed E-state index contributed by atoms with van der Waals surface area (Å²) >= 11 is 0. The Bertz CT molecular complexity index is 366. The molecule has 5 nitrogen and oxygen atoms in total. The Balaban J connectivity index is 2.19. The van der Waals surface area contributed by atoms with Crippen molar-refractivity contribution in [2.45, 2.75) is 57.5 Å². The van der Waals surface area contributed by atoms with Crippen molar-refractivity contribution < 1.29 is 8.42 Å². The van der Waals surface area contributed by atoms with E-state index in [1.54, 1.807) is 8.61 Å². The summed E-state index contributed by atoms with van der Waals surface area (Å²) in [5.74, 6) is 0. The summed E-state index contributed by atoms with van der Waals surface area (Å²) in [6.45, 7) is 3.77. The van der Waals surface area contributed by atoms with E-state index < -0.39 is 10.2 Å². The summed E-state index contributed by atoms with van der Waals surface area (Å²) in [5, 5.41) is 0. The standard InChI is InChI=1S/C12H25N3O2S/c1-11-6-5-7-12(10-13)15(11)18(16,17)14-8-3-2-4-9-14/h11-12H,2-10,13H2,1H3. The normalized spacial score (nSPS) is 32.6. The van der Waals surface area contributed by atoms with E-state index in [2.05, 4.69) is 0 Å². The average Bonchev–Trinajstić information content (AvgIpc) is 2.39. The third kappa shape index (κ3) is 2.71. The number of hydrogen-bond acceptors (Lipinski definition) is 3. The molecule has 2 aliphatic heterocycles. The summed E-state index contributed by atoms with van der Waals surface area (Å²) in [6, 6.07) is 0.0694. The van der Waals surface area contributed by atoms with Crippen molar-refractivity contribution in [3.05, 3.63) is 0 Å². The lowest BCUT2D eigenvalue weighted by atomic mass is 10.00. The molecule has 0 saturated carbocycles. The van der Waals surface area contributed by atoms with Crippen LogP contribution in [-0.4, -0.2) is 48.7 Å². The third-order valence-corrected chi connectivity index (χ3v) is 6.34. The van der Waals surface area contributed by atoms with Crippen LogP contribution in [0.15, 0.2) is 0 Å². The molecule has 0 aromatic heterocycles. The molecule has 18 heavy (non-hydrogen) atoms. The highest BCUT2D eigenvalue weighted by Crippen LogP contribution is 2.28. The number of piperidine rings is 2. The van der Waals surface area contributed by atoms with Gasteiger partial charge in [0.1, 0.15) is 0 Å². The minimum Gasteiger partial charge on any atom is -0.329 e. The van der Waals surface area contributed by atoms with Gasteiger partial charge in [-0.2, -0.15) is 17.0 Å². The molecule has 0 aromatic carbocycles. The van der Waals surface area contributed by atoms with Gasteiger partial charge in [0.15, 0.2) is 0 Å². The summed E-state index contributed by atoms with van der Waals surface area (Å²) in [4.78, 5) is 0. The van der Waals surface area contributed by atoms with Crippen LogP contribution < -0.4 is 5.73 Å². The summed E-state index contributed by atoms with van der Waals surface area (Å²) in [7, 11) is -3.31. The molecular formula is C12H25N3O2S. The van der Waals surface area contributed by atoms with Crippen molar-refractivity contribution >= 4 is 10.2 Å². The zero-order valence-electron chi connectivity index (χ0n) is 11.2. The van der Waals surface area contributed by atoms with Gasteiger partial charge in [0.05, 0.1) is 0 Å². The first kappa shape index (κ1) is 14.2. The number of nitrogens with zero attached hydrogens (tertiary/aromatic N) is 2. The van der Waals surface area contributed by atoms with Crippen molar-refractivity contribution in [1.29, 1.82) is 0 Å². The van der Waals surface area contributed by atoms with Gasteiger partial charge in [-0.05, 0) is 32.6 Å². The van der Waals surface area contributed by atoms with E-state index in [1.807, 2.05) is 6.92 Å². The zero-order chi connectivity index (χ0) is 13.2. The van der Waals surface area contributed by atoms with Crippen LogP contribution >= 0.6 is 0 Å². The quantitative estimate of drug-likeness (QED) is 0.833. The maximum atomic E-state index is 12.7. The zero-order valence-corrected chi connectivity index (χ0v) is 12.0. The van der Waals surface area contributed by atoms with Crippen LogP contribution in [0.1, 0.15) is 45.4 Å². The van der Waals surface area contributed by atoms with Crippen LogP contribution in [0.2, 0.25) is 0 Å². The molecule has 2 atom stereocenters. The highest BCUT2D eigenvalue weighted by atomic mass is 32.2. The van der Waals surface area contributed by atoms with Crippen molar-refractivity contribution in [2.24, 2.45) is 5.73 Å². The van der Waals surface area contributed by atoms with Gasteiger partial charge in [-0.3, -0.25) is 0 Å². The Kier molecular flexibility index (Phi) is 4.64. The molecule has 0 aromatic rings. The highest BCUT2D eigenvalue weighted by molar-refractivity contribution is 7.86. The number of hydrogen-bond donors (Lipinski definition) is 1. The van der Waals surface area contributed by atoms with Crippen LogP contribution in [0.25, 0.3) is 0 Å². The van der Waals surface area contributed by atoms with E-state index in [-0.39, 0.29) is 12.1 Å². The lowest BCUT2D eigenvalue weighted by molar-refractivity contribution is 0.177. The largest absolute Gasteiger partial charge is 0.329 e. The van der Waals surface area contributed by atoms with E-state index >= 15 is 0 Å². The first-order valence-electron chi connectivity index (χ1n) is 7.06. The van der Waals surface area contributed by atoms with Gasteiger partial charge in [-0.15, -0.1) is 0 Å². The molecule has 0 radical (unpaired) electrons. The van der Waals surface area contributed by atoms with Crippen LogP contribution in [0.5, 0.6) is 0 Å². The molecule has 2 rings (SSSR count). The first-order chi connectivity index (χ1) is 8.57. The minimum absolute atomic E-state index is 0.0133. The molecule has 0 bridgehead atoms. The van der Waals surface area contributed by atoms with Gasteiger partial charge < -0.3 is 5.73 Å². The second kappa shape index (κ2) is 5.86. The molecule has 106 valence electrons. The Morgan fingerprint density at radius 1 is 1.11 bits per heavy atom. The van der Waals surface area contributed by atoms with Crippen molar-refractivity contribution in [3.63, 3.8) is 0 Å². The molecule has 2 saturated heterocycles. The summed E-state index contributed by atoms with van der Waals surface area (Å²) in [6.07, 6.45) is 6.03. The Morgan fingerprint density at radius 3 is 2.39 bits per heavy atom. The fraction of sp³-hybridized carbons (Fsp3) is 1.00. The Morgan fingerprint density at radius 2 is 1.78 bits per heavy atom. The Labute approximate surface area is 110 Å². The smallest absolute Gasteiger partial charge is 0.282 e. The topological polar surface area (TPSA) is 66.6 Å². The van der Waals surface area contributed by atoms with E-state index in [4.69, 9.17) is 5.73 Å². The van der Waals surface area contributed by atoms with E-state index in [9.17, 15) is 8.42 Å². The van der Waals surface area contributed by atoms with E-state index in [0.717, 1.165) is 38.5 Å². The second-order valence-corrected chi connectivity index (χ2v) is 7.30. The van der Waals surface area contributed by atoms with Crippen LogP contribution in [0, 0.1) is 0 Å². The van der Waals surface area contributed by atoms with Crippen LogP contribution in [-0.2, 0) is 10.2 Å². The van der Waals surface area contributed by atoms with Crippen LogP contribution in [0.3, 0.4) is 0 Å². The van der Waals surface area contributed by atoms with Gasteiger partial charge in [0, 0.05) is 31.7 Å². The predicted octanol–water partition coefficient (Wildman–Crippen LogP) is 0.919. The monoisotopic (exact) mass is 275 g/mol. The molecule has 2 fully saturated rings. The van der Waals surface area contributed by atoms with Gasteiger partial charge in [0.25, 0.3) is 10.2 Å². The number of rotatable bonds is 3. The predicted molar refractivity (Wildman–Crippen MR) is 72.3 cm³/mol. The van der Waals surface area contributed by atoms with Gasteiger partial charge in [-0.1, -0.05) is 12.8 Å². The number of nitrogens with two attached hydrogens (primary N) is 1. The molecule has 2 unspecified atom stereocenters. The van der Waals surface area contributed by atoms with Crippen molar-refractivity contribution in [1.82, 2.24) is 8.61 Å². The molecular weight excluding hydrogens is 250 g/mol. The average molecular weight is 275 g/mol. The molecule has 2 N–H and O–H groups in total. The SMILES string of the molecule is CC1CCCC(CN)N1S(=O)(=O)N1CCCCC1. The lowest BCUT2D eigenvalue weighted by Crippen LogP contribution is -2.57. The van der Waals surface area contributed by atoms with Crippen LogP contribution in [0.4, 0.5) is 0 Å². The Hall–Kier alpha value is -0.170. The molecule has 2 heterocycles. The van der Waals surface area contributed by atoms with Crippen molar-refractivity contribution in [2.75, 3.05) is 19.6 Å². The highest BCUT2D eigenvalue weighted by Gasteiger charge is 2.39. The van der Waals surface area contributed by atoms with E-state index in [0.29, 0.717) is 19.6 Å². The summed E-state index contributed by atoms with van der Waals surface area (Å²) in [5.41, 5.74) is 5.76. The van der Waals surface area contributed by atoms with Gasteiger partial charge in [-0.25, -0.2) is 0 Å². The fourth-order valence-electron chi connectivity index (χ4n) is 3.13. The maximum Gasteiger partial charge on any atom is 0.282 e. The third-order valence-electron chi connectivity index (χ3n) is 4.13. The van der Waals surface area contributed by atoms with Gasteiger partial charge >= 0.3 is 0 Å². The first-order valence-corrected chi connectivity index (χ1v) is 8.45. The lowest BCUT2D eigenvalue weighted by Gasteiger charge is -2.42. The maximum absolute atomic E-state index is 12.7. The minimum atomic E-state index is -3.31. The van der Waals surface area contributed by atoms with Gasteiger partial charge in [0.2, 0.25) is 0 Å². The second-order valence-electron chi connectivity index (χ2n) is 5.47. The summed E-state index contributed by atoms with van der Waals surface area (Å²) < 4.78 is 28.8. The molecule has 0 amide bonds.